The van der Waals surface area contributed by atoms with Gasteiger partial charge in [0.1, 0.15) is 5.82 Å². The number of anilines is 1. The van der Waals surface area contributed by atoms with Crippen molar-refractivity contribution in [3.63, 3.8) is 0 Å². The molecular weight excluding hydrogens is 247 g/mol. The van der Waals surface area contributed by atoms with E-state index in [0.717, 1.165) is 0 Å². The topological polar surface area (TPSA) is 76.3 Å². The van der Waals surface area contributed by atoms with E-state index in [1.807, 2.05) is 5.48 Å². The minimum Gasteiger partial charge on any atom is -0.392 e. The molecule has 2 rings (SSSR count). The lowest BCUT2D eigenvalue weighted by Crippen LogP contribution is -2.07. The van der Waals surface area contributed by atoms with E-state index in [2.05, 4.69) is 0 Å². The van der Waals surface area contributed by atoms with Crippen molar-refractivity contribution in [1.82, 2.24) is 0 Å². The van der Waals surface area contributed by atoms with Gasteiger partial charge >= 0.3 is 0 Å². The number of hydrogen-bond acceptors (Lipinski definition) is 4. The Morgan fingerprint density at radius 3 is 2.63 bits per heavy atom. The third-order valence-corrected chi connectivity index (χ3v) is 2.77. The highest BCUT2D eigenvalue weighted by molar-refractivity contribution is 6.14. The van der Waals surface area contributed by atoms with Crippen molar-refractivity contribution in [2.24, 2.45) is 0 Å². The fourth-order valence-corrected chi connectivity index (χ4v) is 1.79. The molecule has 4 nitrogen and oxygen atoms in total. The van der Waals surface area contributed by atoms with Gasteiger partial charge in [-0.1, -0.05) is 18.2 Å². The zero-order valence-electron chi connectivity index (χ0n) is 10.0. The third kappa shape index (κ3) is 2.78. The molecule has 0 atom stereocenters. The van der Waals surface area contributed by atoms with Crippen LogP contribution in [0.25, 0.3) is 0 Å². The Labute approximate surface area is 109 Å². The highest BCUT2D eigenvalue weighted by Gasteiger charge is 2.11. The molecule has 98 valence electrons. The van der Waals surface area contributed by atoms with Gasteiger partial charge in [0.15, 0.2) is 0 Å². The van der Waals surface area contributed by atoms with Crippen LogP contribution >= 0.6 is 0 Å². The Morgan fingerprint density at radius 2 is 2.00 bits per heavy atom. The highest BCUT2D eigenvalue weighted by atomic mass is 19.1. The summed E-state index contributed by atoms with van der Waals surface area (Å²) in [6.45, 7) is -0.171. The molecule has 2 aromatic carbocycles. The SMILES string of the molecule is N=C(c1cccc(F)c1)c1cc(CO)ccc1NO. The summed E-state index contributed by atoms with van der Waals surface area (Å²) < 4.78 is 13.2. The number of nitrogens with one attached hydrogen (secondary N) is 2. The number of aliphatic hydroxyl groups is 1. The highest BCUT2D eigenvalue weighted by Crippen LogP contribution is 2.21. The third-order valence-electron chi connectivity index (χ3n) is 2.77. The molecule has 0 fully saturated rings. The lowest BCUT2D eigenvalue weighted by Gasteiger charge is -2.11. The minimum absolute atomic E-state index is 0.0614. The Balaban J connectivity index is 2.48. The van der Waals surface area contributed by atoms with E-state index in [4.69, 9.17) is 15.7 Å². The molecule has 19 heavy (non-hydrogen) atoms. The quantitative estimate of drug-likeness (QED) is 0.504. The van der Waals surface area contributed by atoms with Gasteiger partial charge in [-0.3, -0.25) is 16.1 Å². The molecule has 0 heterocycles. The van der Waals surface area contributed by atoms with Crippen LogP contribution in [0.4, 0.5) is 10.1 Å². The smallest absolute Gasteiger partial charge is 0.123 e. The zero-order valence-corrected chi connectivity index (χ0v) is 10.0. The minimum atomic E-state index is -0.431. The molecule has 0 saturated heterocycles. The maximum absolute atomic E-state index is 13.2. The molecule has 0 aliphatic rings. The predicted molar refractivity (Wildman–Crippen MR) is 70.1 cm³/mol. The van der Waals surface area contributed by atoms with Crippen LogP contribution in [0.15, 0.2) is 42.5 Å². The normalized spacial score (nSPS) is 10.3. The summed E-state index contributed by atoms with van der Waals surface area (Å²) in [5, 5.41) is 26.2. The maximum Gasteiger partial charge on any atom is 0.123 e. The second-order valence-corrected chi connectivity index (χ2v) is 4.04. The number of benzene rings is 2. The lowest BCUT2D eigenvalue weighted by atomic mass is 9.99. The van der Waals surface area contributed by atoms with Crippen molar-refractivity contribution in [3.8, 4) is 0 Å². The summed E-state index contributed by atoms with van der Waals surface area (Å²) in [5.74, 6) is -0.431. The second kappa shape index (κ2) is 5.60. The van der Waals surface area contributed by atoms with Crippen molar-refractivity contribution in [3.05, 3.63) is 65.0 Å². The van der Waals surface area contributed by atoms with Crippen LogP contribution in [0.2, 0.25) is 0 Å². The van der Waals surface area contributed by atoms with Gasteiger partial charge in [0.05, 0.1) is 18.0 Å². The van der Waals surface area contributed by atoms with Crippen molar-refractivity contribution < 1.29 is 14.7 Å². The van der Waals surface area contributed by atoms with Gasteiger partial charge in [0, 0.05) is 11.1 Å². The first kappa shape index (κ1) is 13.2. The number of halogens is 1. The van der Waals surface area contributed by atoms with Crippen LogP contribution in [-0.4, -0.2) is 16.0 Å². The molecule has 0 spiro atoms. The summed E-state index contributed by atoms with van der Waals surface area (Å²) >= 11 is 0. The monoisotopic (exact) mass is 260 g/mol. The van der Waals surface area contributed by atoms with Crippen LogP contribution in [0.3, 0.4) is 0 Å². The maximum atomic E-state index is 13.2. The Hall–Kier alpha value is -2.24. The molecule has 0 unspecified atom stereocenters. The summed E-state index contributed by atoms with van der Waals surface area (Å²) in [4.78, 5) is 0. The number of hydrogen-bond donors (Lipinski definition) is 4. The molecular formula is C14H13FN2O2. The Bertz CT molecular complexity index is 614. The molecule has 0 bridgehead atoms. The first-order chi connectivity index (χ1) is 9.15. The molecule has 0 saturated carbocycles. The van der Waals surface area contributed by atoms with E-state index < -0.39 is 5.82 Å². The van der Waals surface area contributed by atoms with E-state index in [0.29, 0.717) is 22.4 Å². The van der Waals surface area contributed by atoms with Gasteiger partial charge in [-0.2, -0.15) is 0 Å². The molecule has 0 aliphatic heterocycles. The van der Waals surface area contributed by atoms with Crippen molar-refractivity contribution >= 4 is 11.4 Å². The van der Waals surface area contributed by atoms with Crippen LogP contribution in [0.1, 0.15) is 16.7 Å². The van der Waals surface area contributed by atoms with E-state index in [1.165, 1.54) is 18.2 Å². The molecule has 4 N–H and O–H groups in total. The van der Waals surface area contributed by atoms with Gasteiger partial charge in [-0.15, -0.1) is 0 Å². The van der Waals surface area contributed by atoms with Crippen LogP contribution in [0, 0.1) is 11.2 Å². The summed E-state index contributed by atoms with van der Waals surface area (Å²) in [6, 6.07) is 10.4. The van der Waals surface area contributed by atoms with Crippen molar-refractivity contribution in [2.75, 3.05) is 5.48 Å². The number of rotatable bonds is 4. The van der Waals surface area contributed by atoms with E-state index in [9.17, 15) is 4.39 Å². The predicted octanol–water partition coefficient (Wildman–Crippen LogP) is 2.54. The molecule has 0 radical (unpaired) electrons. The summed E-state index contributed by atoms with van der Waals surface area (Å²) in [5.41, 5.74) is 3.77. The second-order valence-electron chi connectivity index (χ2n) is 4.04. The van der Waals surface area contributed by atoms with Crippen molar-refractivity contribution in [1.29, 1.82) is 5.41 Å². The van der Waals surface area contributed by atoms with Crippen LogP contribution in [0.5, 0.6) is 0 Å². The van der Waals surface area contributed by atoms with Gasteiger partial charge in [-0.25, -0.2) is 4.39 Å². The van der Waals surface area contributed by atoms with Crippen LogP contribution in [-0.2, 0) is 6.61 Å². The fourth-order valence-electron chi connectivity index (χ4n) is 1.79. The van der Waals surface area contributed by atoms with Gasteiger partial charge < -0.3 is 5.11 Å². The van der Waals surface area contributed by atoms with Gasteiger partial charge in [-0.05, 0) is 29.8 Å². The van der Waals surface area contributed by atoms with Crippen molar-refractivity contribution in [2.45, 2.75) is 6.61 Å². The molecule has 0 aromatic heterocycles. The van der Waals surface area contributed by atoms with Gasteiger partial charge in [0.25, 0.3) is 0 Å². The lowest BCUT2D eigenvalue weighted by molar-refractivity contribution is 0.282. The van der Waals surface area contributed by atoms with Gasteiger partial charge in [0.2, 0.25) is 0 Å². The zero-order chi connectivity index (χ0) is 13.8. The first-order valence-corrected chi connectivity index (χ1v) is 5.64. The average molecular weight is 260 g/mol. The molecule has 5 heteroatoms. The first-order valence-electron chi connectivity index (χ1n) is 5.64. The van der Waals surface area contributed by atoms with E-state index in [-0.39, 0.29) is 12.3 Å². The fraction of sp³-hybridized carbons (Fsp3) is 0.0714. The Kier molecular flexibility index (Phi) is 3.89. The Morgan fingerprint density at radius 1 is 1.21 bits per heavy atom. The van der Waals surface area contributed by atoms with E-state index in [1.54, 1.807) is 24.3 Å². The number of aliphatic hydroxyl groups excluding tert-OH is 1. The summed E-state index contributed by atoms with van der Waals surface area (Å²) in [6.07, 6.45) is 0. The van der Waals surface area contributed by atoms with E-state index >= 15 is 0 Å². The standard InChI is InChI=1S/C14H13FN2O2/c15-11-3-1-2-10(7-11)14(16)12-6-9(8-18)4-5-13(12)17-19/h1-7,16-19H,8H2. The summed E-state index contributed by atoms with van der Waals surface area (Å²) in [7, 11) is 0. The largest absolute Gasteiger partial charge is 0.392 e. The average Bonchev–Trinajstić information content (AvgIpc) is 2.45. The molecule has 0 aliphatic carbocycles. The molecule has 0 amide bonds. The van der Waals surface area contributed by atoms with Crippen LogP contribution < -0.4 is 5.48 Å². The molecule has 2 aromatic rings.